The average Bonchev–Trinajstić information content (AvgIpc) is 2.63. The Labute approximate surface area is 156 Å². The van der Waals surface area contributed by atoms with Crippen molar-refractivity contribution >= 4 is 11.9 Å². The van der Waals surface area contributed by atoms with E-state index in [1.807, 2.05) is 45.9 Å². The van der Waals surface area contributed by atoms with Gasteiger partial charge in [-0.05, 0) is 38.0 Å². The van der Waals surface area contributed by atoms with Crippen LogP contribution in [-0.4, -0.2) is 50.2 Å². The fourth-order valence-electron chi connectivity index (χ4n) is 2.54. The molecule has 6 nitrogen and oxygen atoms in total. The Kier molecular flexibility index (Phi) is 9.55. The second kappa shape index (κ2) is 11.4. The van der Waals surface area contributed by atoms with Crippen LogP contribution in [0, 0.1) is 5.92 Å². The Morgan fingerprint density at radius 2 is 1.69 bits per heavy atom. The molecule has 0 aromatic heterocycles. The molecule has 146 valence electrons. The predicted molar refractivity (Wildman–Crippen MR) is 101 cm³/mol. The Morgan fingerprint density at radius 3 is 2.27 bits per heavy atom. The van der Waals surface area contributed by atoms with Crippen molar-refractivity contribution in [1.82, 2.24) is 4.90 Å². The number of benzene rings is 1. The van der Waals surface area contributed by atoms with Gasteiger partial charge in [-0.15, -0.1) is 0 Å². The lowest BCUT2D eigenvalue weighted by molar-refractivity contribution is -0.142. The summed E-state index contributed by atoms with van der Waals surface area (Å²) in [5, 5.41) is 0. The largest absolute Gasteiger partial charge is 0.490 e. The van der Waals surface area contributed by atoms with Gasteiger partial charge in [0.2, 0.25) is 5.91 Å². The van der Waals surface area contributed by atoms with Crippen LogP contribution >= 0.6 is 0 Å². The Hall–Kier alpha value is -2.24. The first kappa shape index (κ1) is 21.8. The number of methoxy groups -OCH3 is 1. The number of esters is 1. The smallest absolute Gasteiger partial charge is 0.307 e. The van der Waals surface area contributed by atoms with Crippen molar-refractivity contribution in [2.24, 2.45) is 5.92 Å². The van der Waals surface area contributed by atoms with Gasteiger partial charge in [-0.25, -0.2) is 0 Å². The highest BCUT2D eigenvalue weighted by molar-refractivity contribution is 5.79. The summed E-state index contributed by atoms with van der Waals surface area (Å²) in [6.07, 6.45) is 0.870. The minimum Gasteiger partial charge on any atom is -0.490 e. The van der Waals surface area contributed by atoms with Gasteiger partial charge in [0.1, 0.15) is 0 Å². The van der Waals surface area contributed by atoms with Crippen LogP contribution in [0.1, 0.15) is 39.7 Å². The molecule has 0 spiro atoms. The number of carbonyl (C=O) groups excluding carboxylic acids is 2. The molecular weight excluding hydrogens is 334 g/mol. The lowest BCUT2D eigenvalue weighted by atomic mass is 10.1. The summed E-state index contributed by atoms with van der Waals surface area (Å²) in [4.78, 5) is 25.5. The van der Waals surface area contributed by atoms with E-state index in [-0.39, 0.29) is 24.2 Å². The monoisotopic (exact) mass is 365 g/mol. The third kappa shape index (κ3) is 6.94. The molecule has 0 aliphatic rings. The summed E-state index contributed by atoms with van der Waals surface area (Å²) in [6.45, 7) is 9.60. The van der Waals surface area contributed by atoms with Crippen molar-refractivity contribution in [3.8, 4) is 11.5 Å². The molecule has 1 aromatic rings. The van der Waals surface area contributed by atoms with E-state index in [9.17, 15) is 9.59 Å². The maximum absolute atomic E-state index is 12.4. The first-order valence-electron chi connectivity index (χ1n) is 9.17. The van der Waals surface area contributed by atoms with Crippen molar-refractivity contribution < 1.29 is 23.8 Å². The van der Waals surface area contributed by atoms with Crippen LogP contribution in [-0.2, 0) is 20.7 Å². The van der Waals surface area contributed by atoms with Crippen LogP contribution in [0.3, 0.4) is 0 Å². The molecule has 1 aromatic carbocycles. The number of nitrogens with zero attached hydrogens (tertiary/aromatic N) is 1. The molecule has 0 heterocycles. The second-order valence-electron chi connectivity index (χ2n) is 6.20. The SMILES string of the molecule is CCOc1ccc(CCN(CCC(=O)OC)C(=O)C(C)C)cc1OCC. The third-order valence-electron chi connectivity index (χ3n) is 3.90. The molecule has 0 bridgehead atoms. The quantitative estimate of drug-likeness (QED) is 0.564. The van der Waals surface area contributed by atoms with Gasteiger partial charge >= 0.3 is 5.97 Å². The van der Waals surface area contributed by atoms with Gasteiger partial charge < -0.3 is 19.1 Å². The van der Waals surface area contributed by atoms with Gasteiger partial charge in [0.05, 0.1) is 26.7 Å². The first-order chi connectivity index (χ1) is 12.4. The fraction of sp³-hybridized carbons (Fsp3) is 0.600. The summed E-state index contributed by atoms with van der Waals surface area (Å²) in [5.74, 6) is 1.03. The van der Waals surface area contributed by atoms with E-state index >= 15 is 0 Å². The molecule has 0 atom stereocenters. The number of rotatable bonds is 11. The average molecular weight is 365 g/mol. The van der Waals surface area contributed by atoms with E-state index in [4.69, 9.17) is 9.47 Å². The van der Waals surface area contributed by atoms with Gasteiger partial charge in [0, 0.05) is 19.0 Å². The van der Waals surface area contributed by atoms with Crippen molar-refractivity contribution in [1.29, 1.82) is 0 Å². The van der Waals surface area contributed by atoms with Crippen LogP contribution in [0.2, 0.25) is 0 Å². The fourth-order valence-corrected chi connectivity index (χ4v) is 2.54. The summed E-state index contributed by atoms with van der Waals surface area (Å²) >= 11 is 0. The number of carbonyl (C=O) groups is 2. The Morgan fingerprint density at radius 1 is 1.04 bits per heavy atom. The number of amides is 1. The summed E-state index contributed by atoms with van der Waals surface area (Å²) in [7, 11) is 1.35. The van der Waals surface area contributed by atoms with E-state index < -0.39 is 0 Å². The minimum absolute atomic E-state index is 0.0323. The predicted octanol–water partition coefficient (Wildman–Crippen LogP) is 3.07. The molecule has 26 heavy (non-hydrogen) atoms. The highest BCUT2D eigenvalue weighted by Crippen LogP contribution is 2.28. The molecule has 0 aliphatic heterocycles. The van der Waals surface area contributed by atoms with Crippen molar-refractivity contribution in [2.45, 2.75) is 40.5 Å². The molecule has 0 saturated heterocycles. The van der Waals surface area contributed by atoms with Crippen molar-refractivity contribution in [2.75, 3.05) is 33.4 Å². The van der Waals surface area contributed by atoms with Gasteiger partial charge in [0.25, 0.3) is 0 Å². The van der Waals surface area contributed by atoms with Crippen LogP contribution in [0.4, 0.5) is 0 Å². The molecule has 1 rings (SSSR count). The lowest BCUT2D eigenvalue weighted by Crippen LogP contribution is -2.37. The van der Waals surface area contributed by atoms with Crippen LogP contribution in [0.25, 0.3) is 0 Å². The van der Waals surface area contributed by atoms with Gasteiger partial charge in [-0.2, -0.15) is 0 Å². The molecule has 0 aliphatic carbocycles. The molecule has 1 amide bonds. The number of hydrogen-bond acceptors (Lipinski definition) is 5. The molecular formula is C20H31NO5. The lowest BCUT2D eigenvalue weighted by Gasteiger charge is -2.24. The van der Waals surface area contributed by atoms with Gasteiger partial charge in [0.15, 0.2) is 11.5 Å². The topological polar surface area (TPSA) is 65.1 Å². The van der Waals surface area contributed by atoms with E-state index in [0.29, 0.717) is 38.5 Å². The normalized spacial score (nSPS) is 10.5. The summed E-state index contributed by atoms with van der Waals surface area (Å²) < 4.78 is 15.9. The molecule has 0 radical (unpaired) electrons. The Bertz CT molecular complexity index is 586. The van der Waals surface area contributed by atoms with Crippen LogP contribution < -0.4 is 9.47 Å². The van der Waals surface area contributed by atoms with Crippen molar-refractivity contribution in [3.63, 3.8) is 0 Å². The zero-order valence-corrected chi connectivity index (χ0v) is 16.5. The van der Waals surface area contributed by atoms with E-state index in [1.54, 1.807) is 4.90 Å². The minimum atomic E-state index is -0.314. The number of ether oxygens (including phenoxy) is 3. The van der Waals surface area contributed by atoms with E-state index in [1.165, 1.54) is 7.11 Å². The molecule has 6 heteroatoms. The second-order valence-corrected chi connectivity index (χ2v) is 6.20. The zero-order chi connectivity index (χ0) is 19.5. The maximum Gasteiger partial charge on any atom is 0.307 e. The highest BCUT2D eigenvalue weighted by atomic mass is 16.5. The zero-order valence-electron chi connectivity index (χ0n) is 16.5. The highest BCUT2D eigenvalue weighted by Gasteiger charge is 2.18. The Balaban J connectivity index is 2.81. The molecule has 0 saturated carbocycles. The molecule has 0 unspecified atom stereocenters. The standard InChI is InChI=1S/C20H31NO5/c1-6-25-17-9-8-16(14-18(17)26-7-2)10-12-21(20(23)15(3)4)13-11-19(22)24-5/h8-9,14-15H,6-7,10-13H2,1-5H3. The molecule has 0 fully saturated rings. The van der Waals surface area contributed by atoms with Gasteiger partial charge in [-0.1, -0.05) is 19.9 Å². The van der Waals surface area contributed by atoms with E-state index in [0.717, 1.165) is 11.3 Å². The molecule has 0 N–H and O–H groups in total. The first-order valence-corrected chi connectivity index (χ1v) is 9.17. The third-order valence-corrected chi connectivity index (χ3v) is 3.90. The van der Waals surface area contributed by atoms with E-state index in [2.05, 4.69) is 4.74 Å². The number of hydrogen-bond donors (Lipinski definition) is 0. The van der Waals surface area contributed by atoms with Crippen LogP contribution in [0.5, 0.6) is 11.5 Å². The van der Waals surface area contributed by atoms with Crippen LogP contribution in [0.15, 0.2) is 18.2 Å². The maximum atomic E-state index is 12.4. The summed E-state index contributed by atoms with van der Waals surface area (Å²) in [5.41, 5.74) is 1.05. The van der Waals surface area contributed by atoms with Crippen molar-refractivity contribution in [3.05, 3.63) is 23.8 Å². The summed E-state index contributed by atoms with van der Waals surface area (Å²) in [6, 6.07) is 5.82. The van der Waals surface area contributed by atoms with Gasteiger partial charge in [-0.3, -0.25) is 9.59 Å².